The van der Waals surface area contributed by atoms with Gasteiger partial charge in [0, 0.05) is 17.8 Å². The van der Waals surface area contributed by atoms with E-state index >= 15 is 0 Å². The molecule has 0 aliphatic carbocycles. The molecule has 0 atom stereocenters. The Morgan fingerprint density at radius 1 is 0.786 bits per heavy atom. The number of ether oxygens (including phenoxy) is 1. The zero-order chi connectivity index (χ0) is 20.7. The summed E-state index contributed by atoms with van der Waals surface area (Å²) < 4.78 is 4.96. The molecular weight excluding hydrogens is 356 g/mol. The van der Waals surface area contributed by atoms with Crippen molar-refractivity contribution in [3.63, 3.8) is 0 Å². The molecule has 6 nitrogen and oxygen atoms in total. The number of nitrogens with one attached hydrogen (secondary N) is 2. The van der Waals surface area contributed by atoms with Crippen molar-refractivity contribution in [3.8, 4) is 0 Å². The minimum absolute atomic E-state index is 0.00872. The van der Waals surface area contributed by atoms with Gasteiger partial charge in [-0.15, -0.1) is 0 Å². The SMILES string of the molecule is Cc1cccc(NC(=O)COC(=O)CCC(=O)Nc2c(C)cccc2C)c1C. The summed E-state index contributed by atoms with van der Waals surface area (Å²) in [5.74, 6) is -1.27. The molecule has 6 heteroatoms. The van der Waals surface area contributed by atoms with Gasteiger partial charge < -0.3 is 15.4 Å². The molecule has 2 amide bonds. The number of carbonyl (C=O) groups is 3. The number of benzene rings is 2. The van der Waals surface area contributed by atoms with Gasteiger partial charge in [-0.05, 0) is 56.0 Å². The van der Waals surface area contributed by atoms with Crippen LogP contribution >= 0.6 is 0 Å². The molecule has 2 N–H and O–H groups in total. The molecule has 0 aromatic heterocycles. The highest BCUT2D eigenvalue weighted by Crippen LogP contribution is 2.20. The van der Waals surface area contributed by atoms with E-state index in [1.165, 1.54) is 0 Å². The van der Waals surface area contributed by atoms with Crippen LogP contribution in [-0.4, -0.2) is 24.4 Å². The third kappa shape index (κ3) is 5.94. The van der Waals surface area contributed by atoms with Gasteiger partial charge >= 0.3 is 5.97 Å². The van der Waals surface area contributed by atoms with Gasteiger partial charge in [-0.3, -0.25) is 14.4 Å². The highest BCUT2D eigenvalue weighted by atomic mass is 16.5. The summed E-state index contributed by atoms with van der Waals surface area (Å²) >= 11 is 0. The predicted octanol–water partition coefficient (Wildman–Crippen LogP) is 3.82. The van der Waals surface area contributed by atoms with Crippen LogP contribution in [0, 0.1) is 27.7 Å². The molecule has 148 valence electrons. The van der Waals surface area contributed by atoms with Gasteiger partial charge in [-0.1, -0.05) is 30.3 Å². The highest BCUT2D eigenvalue weighted by molar-refractivity contribution is 5.95. The fourth-order valence-corrected chi connectivity index (χ4v) is 2.72. The average Bonchev–Trinajstić information content (AvgIpc) is 2.65. The van der Waals surface area contributed by atoms with Crippen LogP contribution in [0.5, 0.6) is 0 Å². The minimum Gasteiger partial charge on any atom is -0.456 e. The number of aryl methyl sites for hydroxylation is 3. The van der Waals surface area contributed by atoms with Crippen LogP contribution in [0.3, 0.4) is 0 Å². The fourth-order valence-electron chi connectivity index (χ4n) is 2.72. The van der Waals surface area contributed by atoms with E-state index in [0.717, 1.165) is 27.9 Å². The second-order valence-corrected chi connectivity index (χ2v) is 6.77. The third-order valence-electron chi connectivity index (χ3n) is 4.54. The summed E-state index contributed by atoms with van der Waals surface area (Å²) in [5.41, 5.74) is 5.39. The number of hydrogen-bond donors (Lipinski definition) is 2. The van der Waals surface area contributed by atoms with Crippen molar-refractivity contribution in [2.75, 3.05) is 17.2 Å². The Balaban J connectivity index is 1.75. The summed E-state index contributed by atoms with van der Waals surface area (Å²) in [5, 5.41) is 5.54. The number of rotatable bonds is 7. The molecule has 0 spiro atoms. The maximum absolute atomic E-state index is 12.1. The monoisotopic (exact) mass is 382 g/mol. The van der Waals surface area contributed by atoms with Crippen LogP contribution in [0.4, 0.5) is 11.4 Å². The van der Waals surface area contributed by atoms with E-state index < -0.39 is 11.9 Å². The molecule has 2 aromatic rings. The first-order valence-electron chi connectivity index (χ1n) is 9.15. The highest BCUT2D eigenvalue weighted by Gasteiger charge is 2.13. The van der Waals surface area contributed by atoms with Gasteiger partial charge in [-0.2, -0.15) is 0 Å². The van der Waals surface area contributed by atoms with Gasteiger partial charge in [0.05, 0.1) is 6.42 Å². The van der Waals surface area contributed by atoms with E-state index in [9.17, 15) is 14.4 Å². The van der Waals surface area contributed by atoms with Crippen LogP contribution < -0.4 is 10.6 Å². The van der Waals surface area contributed by atoms with Gasteiger partial charge in [0.15, 0.2) is 6.61 Å². The molecule has 0 aliphatic heterocycles. The van der Waals surface area contributed by atoms with Crippen LogP contribution in [0.15, 0.2) is 36.4 Å². The lowest BCUT2D eigenvalue weighted by atomic mass is 10.1. The molecule has 0 heterocycles. The first-order chi connectivity index (χ1) is 13.3. The zero-order valence-electron chi connectivity index (χ0n) is 16.7. The number of amides is 2. The Kier molecular flexibility index (Phi) is 7.32. The van der Waals surface area contributed by atoms with E-state index in [-0.39, 0.29) is 25.4 Å². The van der Waals surface area contributed by atoms with E-state index in [1.807, 2.05) is 58.0 Å². The van der Waals surface area contributed by atoms with E-state index in [1.54, 1.807) is 6.07 Å². The maximum atomic E-state index is 12.1. The second kappa shape index (κ2) is 9.69. The predicted molar refractivity (Wildman–Crippen MR) is 109 cm³/mol. The molecule has 2 aromatic carbocycles. The lowest BCUT2D eigenvalue weighted by Gasteiger charge is -2.12. The minimum atomic E-state index is -0.590. The molecule has 0 radical (unpaired) electrons. The second-order valence-electron chi connectivity index (χ2n) is 6.77. The molecular formula is C22H26N2O4. The molecule has 0 unspecified atom stereocenters. The Morgan fingerprint density at radius 3 is 2.07 bits per heavy atom. The zero-order valence-corrected chi connectivity index (χ0v) is 16.7. The Labute approximate surface area is 165 Å². The fraction of sp³-hybridized carbons (Fsp3) is 0.318. The van der Waals surface area contributed by atoms with E-state index in [0.29, 0.717) is 5.69 Å². The topological polar surface area (TPSA) is 84.5 Å². The number of anilines is 2. The Hall–Kier alpha value is -3.15. The average molecular weight is 382 g/mol. The van der Waals surface area contributed by atoms with Crippen molar-refractivity contribution in [1.82, 2.24) is 0 Å². The molecule has 0 bridgehead atoms. The van der Waals surface area contributed by atoms with E-state index in [4.69, 9.17) is 4.74 Å². The lowest BCUT2D eigenvalue weighted by Crippen LogP contribution is -2.22. The van der Waals surface area contributed by atoms with Gasteiger partial charge in [0.1, 0.15) is 0 Å². The van der Waals surface area contributed by atoms with Crippen molar-refractivity contribution in [2.24, 2.45) is 0 Å². The van der Waals surface area contributed by atoms with Gasteiger partial charge in [-0.25, -0.2) is 0 Å². The number of carbonyl (C=O) groups excluding carboxylic acids is 3. The largest absolute Gasteiger partial charge is 0.456 e. The van der Waals surface area contributed by atoms with Gasteiger partial charge in [0.2, 0.25) is 5.91 Å². The van der Waals surface area contributed by atoms with Crippen molar-refractivity contribution in [2.45, 2.75) is 40.5 Å². The van der Waals surface area contributed by atoms with Crippen molar-refractivity contribution < 1.29 is 19.1 Å². The number of hydrogen-bond acceptors (Lipinski definition) is 4. The van der Waals surface area contributed by atoms with Crippen LogP contribution in [0.2, 0.25) is 0 Å². The maximum Gasteiger partial charge on any atom is 0.306 e. The van der Waals surface area contributed by atoms with Crippen molar-refractivity contribution >= 4 is 29.2 Å². The molecule has 28 heavy (non-hydrogen) atoms. The number of esters is 1. The quantitative estimate of drug-likeness (QED) is 0.713. The first-order valence-corrected chi connectivity index (χ1v) is 9.15. The smallest absolute Gasteiger partial charge is 0.306 e. The Morgan fingerprint density at radius 2 is 1.39 bits per heavy atom. The van der Waals surface area contributed by atoms with Crippen molar-refractivity contribution in [1.29, 1.82) is 0 Å². The van der Waals surface area contributed by atoms with Crippen LogP contribution in [-0.2, 0) is 19.1 Å². The van der Waals surface area contributed by atoms with Crippen LogP contribution in [0.25, 0.3) is 0 Å². The number of para-hydroxylation sites is 1. The summed E-state index contributed by atoms with van der Waals surface area (Å²) in [4.78, 5) is 35.9. The normalized spacial score (nSPS) is 10.3. The Bertz CT molecular complexity index is 870. The molecule has 0 aliphatic rings. The van der Waals surface area contributed by atoms with Crippen molar-refractivity contribution in [3.05, 3.63) is 58.7 Å². The molecule has 2 rings (SSSR count). The summed E-state index contributed by atoms with van der Waals surface area (Å²) in [6.07, 6.45) is -0.0985. The summed E-state index contributed by atoms with van der Waals surface area (Å²) in [6.45, 7) is 7.29. The van der Waals surface area contributed by atoms with Crippen LogP contribution in [0.1, 0.15) is 35.1 Å². The summed E-state index contributed by atoms with van der Waals surface area (Å²) in [6, 6.07) is 11.3. The first kappa shape index (κ1) is 21.2. The molecule has 0 fully saturated rings. The summed E-state index contributed by atoms with van der Waals surface area (Å²) in [7, 11) is 0. The molecule has 0 saturated carbocycles. The third-order valence-corrected chi connectivity index (χ3v) is 4.54. The molecule has 0 saturated heterocycles. The van der Waals surface area contributed by atoms with Gasteiger partial charge in [0.25, 0.3) is 5.91 Å². The standard InChI is InChI=1S/C22H26N2O4/c1-14-7-6-10-18(17(14)4)23-20(26)13-28-21(27)12-11-19(25)24-22-15(2)8-5-9-16(22)3/h5-10H,11-13H2,1-4H3,(H,23,26)(H,24,25). The van der Waals surface area contributed by atoms with E-state index in [2.05, 4.69) is 10.6 Å². The lowest BCUT2D eigenvalue weighted by molar-refractivity contribution is -0.147.